The number of nitrogens with zero attached hydrogens (tertiary/aromatic N) is 3. The second-order valence-electron chi connectivity index (χ2n) is 6.50. The highest BCUT2D eigenvalue weighted by atomic mass is 19.1. The Labute approximate surface area is 171 Å². The molecule has 0 saturated heterocycles. The molecule has 8 nitrogen and oxygen atoms in total. The van der Waals surface area contributed by atoms with Crippen LogP contribution in [-0.4, -0.2) is 47.2 Å². The number of nitrogens with one attached hydrogen (secondary N) is 1. The highest BCUT2D eigenvalue weighted by molar-refractivity contribution is 6.02. The Balaban J connectivity index is 1.70. The van der Waals surface area contributed by atoms with Gasteiger partial charge < -0.3 is 15.0 Å². The van der Waals surface area contributed by atoms with Gasteiger partial charge in [0, 0.05) is 25.8 Å². The van der Waals surface area contributed by atoms with Crippen molar-refractivity contribution in [3.8, 4) is 11.4 Å². The van der Waals surface area contributed by atoms with Gasteiger partial charge in [-0.25, -0.2) is 4.39 Å². The van der Waals surface area contributed by atoms with E-state index in [1.165, 1.54) is 41.3 Å². The first-order valence-corrected chi connectivity index (χ1v) is 8.94. The molecule has 0 saturated carbocycles. The molecule has 0 aliphatic heterocycles. The molecule has 0 aliphatic carbocycles. The summed E-state index contributed by atoms with van der Waals surface area (Å²) in [4.78, 5) is 37.5. The Kier molecular flexibility index (Phi) is 6.21. The Morgan fingerprint density at radius 3 is 2.33 bits per heavy atom. The molecule has 0 spiro atoms. The highest BCUT2D eigenvalue weighted by Gasteiger charge is 2.12. The van der Waals surface area contributed by atoms with Crippen LogP contribution in [-0.2, 0) is 4.79 Å². The molecule has 1 heterocycles. The third-order valence-corrected chi connectivity index (χ3v) is 4.08. The molecule has 0 fully saturated rings. The second kappa shape index (κ2) is 8.99. The van der Waals surface area contributed by atoms with Crippen LogP contribution >= 0.6 is 0 Å². The molecule has 0 bridgehead atoms. The monoisotopic (exact) mass is 410 g/mol. The molecule has 9 heteroatoms. The Bertz CT molecular complexity index is 1110. The van der Waals surface area contributed by atoms with Crippen LogP contribution in [0.3, 0.4) is 0 Å². The van der Waals surface area contributed by atoms with Gasteiger partial charge in [0.25, 0.3) is 17.4 Å². The number of hydrogen-bond donors (Lipinski definition) is 1. The van der Waals surface area contributed by atoms with Crippen molar-refractivity contribution in [3.63, 3.8) is 0 Å². The highest BCUT2D eigenvalue weighted by Crippen LogP contribution is 2.16. The average molecular weight is 410 g/mol. The summed E-state index contributed by atoms with van der Waals surface area (Å²) in [6.45, 7) is -0.0897. The Hall–Kier alpha value is -4.01. The van der Waals surface area contributed by atoms with Gasteiger partial charge in [0.05, 0.1) is 5.69 Å². The average Bonchev–Trinajstić information content (AvgIpc) is 2.74. The Morgan fingerprint density at radius 1 is 1.03 bits per heavy atom. The summed E-state index contributed by atoms with van der Waals surface area (Å²) in [5, 5.41) is 6.72. The second-order valence-corrected chi connectivity index (χ2v) is 6.50. The van der Waals surface area contributed by atoms with Crippen LogP contribution in [0.15, 0.2) is 65.5 Å². The number of likely N-dealkylation sites (N-methyl/N-ethyl adjacent to an activating group) is 1. The van der Waals surface area contributed by atoms with Gasteiger partial charge in [-0.2, -0.15) is 9.78 Å². The fourth-order valence-electron chi connectivity index (χ4n) is 2.40. The van der Waals surface area contributed by atoms with Crippen molar-refractivity contribution in [2.75, 3.05) is 26.0 Å². The molecule has 0 radical (unpaired) electrons. The summed E-state index contributed by atoms with van der Waals surface area (Å²) >= 11 is 0. The van der Waals surface area contributed by atoms with Crippen molar-refractivity contribution in [1.29, 1.82) is 0 Å². The lowest BCUT2D eigenvalue weighted by molar-refractivity contribution is -0.130. The lowest BCUT2D eigenvalue weighted by Crippen LogP contribution is -2.27. The number of amides is 2. The number of halogens is 1. The van der Waals surface area contributed by atoms with E-state index >= 15 is 0 Å². The van der Waals surface area contributed by atoms with Crippen LogP contribution in [0.2, 0.25) is 0 Å². The maximum absolute atomic E-state index is 13.1. The zero-order valence-corrected chi connectivity index (χ0v) is 16.3. The molecule has 3 aromatic rings. The number of ether oxygens (including phenoxy) is 1. The first-order valence-electron chi connectivity index (χ1n) is 8.94. The lowest BCUT2D eigenvalue weighted by atomic mass is 10.2. The number of carbonyl (C=O) groups excluding carboxylic acids is 2. The first kappa shape index (κ1) is 20.7. The van der Waals surface area contributed by atoms with E-state index in [0.29, 0.717) is 17.1 Å². The van der Waals surface area contributed by atoms with Crippen LogP contribution in [0.5, 0.6) is 5.75 Å². The fraction of sp³-hybridized carbons (Fsp3) is 0.143. The van der Waals surface area contributed by atoms with Gasteiger partial charge in [0.2, 0.25) is 0 Å². The normalized spacial score (nSPS) is 10.4. The van der Waals surface area contributed by atoms with E-state index in [0.717, 1.165) is 4.68 Å². The van der Waals surface area contributed by atoms with Gasteiger partial charge in [0.1, 0.15) is 17.3 Å². The van der Waals surface area contributed by atoms with E-state index in [9.17, 15) is 18.8 Å². The minimum atomic E-state index is -0.526. The summed E-state index contributed by atoms with van der Waals surface area (Å²) in [6, 6.07) is 14.2. The quantitative estimate of drug-likeness (QED) is 0.672. The van der Waals surface area contributed by atoms with Crippen molar-refractivity contribution in [1.82, 2.24) is 14.7 Å². The van der Waals surface area contributed by atoms with Crippen LogP contribution in [0.25, 0.3) is 5.69 Å². The van der Waals surface area contributed by atoms with E-state index < -0.39 is 17.3 Å². The van der Waals surface area contributed by atoms with Crippen LogP contribution in [0, 0.1) is 5.82 Å². The number of rotatable bonds is 6. The molecule has 3 rings (SSSR count). The fourth-order valence-corrected chi connectivity index (χ4v) is 2.40. The minimum absolute atomic E-state index is 0.0100. The zero-order valence-electron chi connectivity index (χ0n) is 16.3. The van der Waals surface area contributed by atoms with Crippen LogP contribution in [0.1, 0.15) is 10.5 Å². The van der Waals surface area contributed by atoms with Crippen molar-refractivity contribution in [2.45, 2.75) is 0 Å². The molecule has 1 aromatic heterocycles. The summed E-state index contributed by atoms with van der Waals surface area (Å²) in [5.41, 5.74) is 0.375. The number of benzene rings is 2. The number of hydrogen-bond acceptors (Lipinski definition) is 5. The number of anilines is 1. The van der Waals surface area contributed by atoms with Gasteiger partial charge in [-0.15, -0.1) is 0 Å². The molecule has 2 aromatic carbocycles. The van der Waals surface area contributed by atoms with Gasteiger partial charge in [-0.3, -0.25) is 14.4 Å². The largest absolute Gasteiger partial charge is 0.484 e. The van der Waals surface area contributed by atoms with E-state index in [4.69, 9.17) is 4.74 Å². The minimum Gasteiger partial charge on any atom is -0.484 e. The molecule has 1 N–H and O–H groups in total. The molecule has 2 amide bonds. The molecular formula is C21H19FN4O4. The molecule has 30 heavy (non-hydrogen) atoms. The summed E-state index contributed by atoms with van der Waals surface area (Å²) in [7, 11) is 3.27. The van der Waals surface area contributed by atoms with Crippen molar-refractivity contribution in [3.05, 3.63) is 82.5 Å². The predicted octanol–water partition coefficient (Wildman–Crippen LogP) is 2.09. The maximum Gasteiger partial charge on any atom is 0.276 e. The number of carbonyl (C=O) groups is 2. The van der Waals surface area contributed by atoms with Crippen LogP contribution in [0.4, 0.5) is 10.1 Å². The van der Waals surface area contributed by atoms with Crippen molar-refractivity contribution >= 4 is 17.5 Å². The van der Waals surface area contributed by atoms with Crippen LogP contribution < -0.4 is 15.6 Å². The zero-order chi connectivity index (χ0) is 21.7. The first-order chi connectivity index (χ1) is 14.3. The number of aromatic nitrogens is 2. The van der Waals surface area contributed by atoms with Gasteiger partial charge in [-0.05, 0) is 54.6 Å². The molecular weight excluding hydrogens is 391 g/mol. The predicted molar refractivity (Wildman–Crippen MR) is 108 cm³/mol. The standard InChI is InChI=1S/C21H19FN4O4/c1-25(2)20(28)13-30-17-9-5-15(6-10-17)23-21(29)18-11-12-19(27)26(24-18)16-7-3-14(22)4-8-16/h3-12H,13H2,1-2H3,(H,23,29). The third kappa shape index (κ3) is 5.07. The maximum atomic E-state index is 13.1. The molecule has 0 unspecified atom stereocenters. The van der Waals surface area contributed by atoms with Gasteiger partial charge in [0.15, 0.2) is 6.61 Å². The Morgan fingerprint density at radius 2 is 1.70 bits per heavy atom. The third-order valence-electron chi connectivity index (χ3n) is 4.08. The molecule has 0 atom stereocenters. The SMILES string of the molecule is CN(C)C(=O)COc1ccc(NC(=O)c2ccc(=O)n(-c3ccc(F)cc3)n2)cc1. The van der Waals surface area contributed by atoms with Gasteiger partial charge >= 0.3 is 0 Å². The van der Waals surface area contributed by atoms with E-state index in [1.54, 1.807) is 38.4 Å². The smallest absolute Gasteiger partial charge is 0.276 e. The molecule has 0 aliphatic rings. The van der Waals surface area contributed by atoms with E-state index in [2.05, 4.69) is 10.4 Å². The topological polar surface area (TPSA) is 93.5 Å². The summed E-state index contributed by atoms with van der Waals surface area (Å²) < 4.78 is 19.5. The summed E-state index contributed by atoms with van der Waals surface area (Å²) in [6.07, 6.45) is 0. The lowest BCUT2D eigenvalue weighted by Gasteiger charge is -2.12. The summed E-state index contributed by atoms with van der Waals surface area (Å²) in [5.74, 6) is -0.664. The van der Waals surface area contributed by atoms with Crippen molar-refractivity contribution < 1.29 is 18.7 Å². The van der Waals surface area contributed by atoms with E-state index in [-0.39, 0.29) is 18.2 Å². The van der Waals surface area contributed by atoms with Gasteiger partial charge in [-0.1, -0.05) is 0 Å². The van der Waals surface area contributed by atoms with Crippen molar-refractivity contribution in [2.24, 2.45) is 0 Å². The van der Waals surface area contributed by atoms with E-state index in [1.807, 2.05) is 0 Å². The molecule has 154 valence electrons.